The number of carboxylic acids is 1. The van der Waals surface area contributed by atoms with Gasteiger partial charge in [-0.25, -0.2) is 4.79 Å². The van der Waals surface area contributed by atoms with Crippen LogP contribution in [0.3, 0.4) is 0 Å². The van der Waals surface area contributed by atoms with Crippen LogP contribution in [0, 0.1) is 0 Å². The Labute approximate surface area is 105 Å². The molecule has 0 atom stereocenters. The SMILES string of the molecule is COC(=O)Cc1ccc(OC(C)(C)C(=O)O)cc1. The highest BCUT2D eigenvalue weighted by atomic mass is 16.5. The van der Waals surface area contributed by atoms with Gasteiger partial charge in [0.15, 0.2) is 5.60 Å². The molecule has 18 heavy (non-hydrogen) atoms. The fourth-order valence-electron chi connectivity index (χ4n) is 1.25. The van der Waals surface area contributed by atoms with E-state index in [-0.39, 0.29) is 12.4 Å². The zero-order valence-electron chi connectivity index (χ0n) is 10.6. The van der Waals surface area contributed by atoms with Crippen molar-refractivity contribution >= 4 is 11.9 Å². The third kappa shape index (κ3) is 3.76. The number of hydrogen-bond acceptors (Lipinski definition) is 4. The molecule has 0 heterocycles. The van der Waals surface area contributed by atoms with E-state index in [0.29, 0.717) is 5.75 Å². The summed E-state index contributed by atoms with van der Waals surface area (Å²) in [6.45, 7) is 2.94. The van der Waals surface area contributed by atoms with Crippen LogP contribution < -0.4 is 4.74 Å². The van der Waals surface area contributed by atoms with Gasteiger partial charge in [-0.3, -0.25) is 4.79 Å². The number of hydrogen-bond donors (Lipinski definition) is 1. The molecule has 5 nitrogen and oxygen atoms in total. The van der Waals surface area contributed by atoms with E-state index in [0.717, 1.165) is 5.56 Å². The van der Waals surface area contributed by atoms with E-state index in [2.05, 4.69) is 4.74 Å². The monoisotopic (exact) mass is 252 g/mol. The van der Waals surface area contributed by atoms with Crippen molar-refractivity contribution in [2.24, 2.45) is 0 Å². The second-order valence-electron chi connectivity index (χ2n) is 4.31. The lowest BCUT2D eigenvalue weighted by Gasteiger charge is -2.21. The van der Waals surface area contributed by atoms with Crippen LogP contribution in [-0.2, 0) is 20.7 Å². The molecule has 5 heteroatoms. The zero-order chi connectivity index (χ0) is 13.8. The molecule has 1 aromatic carbocycles. The van der Waals surface area contributed by atoms with Gasteiger partial charge in [0.1, 0.15) is 5.75 Å². The largest absolute Gasteiger partial charge is 0.478 e. The molecule has 0 saturated heterocycles. The molecule has 98 valence electrons. The fraction of sp³-hybridized carbons (Fsp3) is 0.385. The maximum Gasteiger partial charge on any atom is 0.347 e. The van der Waals surface area contributed by atoms with Crippen LogP contribution in [0.15, 0.2) is 24.3 Å². The van der Waals surface area contributed by atoms with E-state index in [9.17, 15) is 9.59 Å². The first-order valence-corrected chi connectivity index (χ1v) is 5.43. The van der Waals surface area contributed by atoms with Crippen molar-refractivity contribution < 1.29 is 24.2 Å². The number of carbonyl (C=O) groups is 2. The Morgan fingerprint density at radius 1 is 1.22 bits per heavy atom. The summed E-state index contributed by atoms with van der Waals surface area (Å²) >= 11 is 0. The van der Waals surface area contributed by atoms with Gasteiger partial charge in [0.05, 0.1) is 13.5 Å². The Morgan fingerprint density at radius 3 is 2.22 bits per heavy atom. The second-order valence-corrected chi connectivity index (χ2v) is 4.31. The Balaban J connectivity index is 2.72. The molecule has 0 bridgehead atoms. The van der Waals surface area contributed by atoms with Crippen LogP contribution in [0.5, 0.6) is 5.75 Å². The van der Waals surface area contributed by atoms with Gasteiger partial charge in [0.25, 0.3) is 0 Å². The summed E-state index contributed by atoms with van der Waals surface area (Å²) in [5, 5.41) is 8.92. The van der Waals surface area contributed by atoms with Crippen molar-refractivity contribution in [3.63, 3.8) is 0 Å². The lowest BCUT2D eigenvalue weighted by Crippen LogP contribution is -2.37. The Bertz CT molecular complexity index is 433. The van der Waals surface area contributed by atoms with Gasteiger partial charge >= 0.3 is 11.9 Å². The molecule has 0 aliphatic rings. The molecular formula is C13H16O5. The van der Waals surface area contributed by atoms with E-state index in [4.69, 9.17) is 9.84 Å². The Kier molecular flexibility index (Phi) is 4.31. The molecule has 1 rings (SSSR count). The van der Waals surface area contributed by atoms with Gasteiger partial charge in [0, 0.05) is 0 Å². The smallest absolute Gasteiger partial charge is 0.347 e. The first-order chi connectivity index (χ1) is 8.35. The summed E-state index contributed by atoms with van der Waals surface area (Å²) in [5.74, 6) is -0.924. The van der Waals surface area contributed by atoms with Crippen LogP contribution in [0.2, 0.25) is 0 Å². The number of esters is 1. The van der Waals surface area contributed by atoms with Crippen molar-refractivity contribution in [1.82, 2.24) is 0 Å². The molecule has 0 radical (unpaired) electrons. The summed E-state index contributed by atoms with van der Waals surface area (Å²) < 4.78 is 9.88. The van der Waals surface area contributed by atoms with Crippen molar-refractivity contribution in [1.29, 1.82) is 0 Å². The number of carboxylic acid groups (broad SMARTS) is 1. The van der Waals surface area contributed by atoms with Crippen LogP contribution in [0.4, 0.5) is 0 Å². The average Bonchev–Trinajstić information content (AvgIpc) is 2.31. The van der Waals surface area contributed by atoms with Gasteiger partial charge < -0.3 is 14.6 Å². The van der Waals surface area contributed by atoms with Gasteiger partial charge in [0.2, 0.25) is 0 Å². The third-order valence-electron chi connectivity index (χ3n) is 2.39. The molecule has 0 saturated carbocycles. The van der Waals surface area contributed by atoms with Crippen molar-refractivity contribution in [2.45, 2.75) is 25.9 Å². The van der Waals surface area contributed by atoms with Crippen LogP contribution in [0.25, 0.3) is 0 Å². The normalized spacial score (nSPS) is 10.8. The van der Waals surface area contributed by atoms with Crippen LogP contribution in [-0.4, -0.2) is 29.8 Å². The third-order valence-corrected chi connectivity index (χ3v) is 2.39. The average molecular weight is 252 g/mol. The standard InChI is InChI=1S/C13H16O5/c1-13(2,12(15)16)18-10-6-4-9(5-7-10)8-11(14)17-3/h4-7H,8H2,1-3H3,(H,15,16). The molecule has 0 fully saturated rings. The van der Waals surface area contributed by atoms with E-state index in [1.54, 1.807) is 24.3 Å². The van der Waals surface area contributed by atoms with Gasteiger partial charge in [-0.15, -0.1) is 0 Å². The number of aliphatic carboxylic acids is 1. The van der Waals surface area contributed by atoms with Crippen LogP contribution in [0.1, 0.15) is 19.4 Å². The molecule has 1 aromatic rings. The first-order valence-electron chi connectivity index (χ1n) is 5.43. The number of rotatable bonds is 5. The summed E-state index contributed by atoms with van der Waals surface area (Å²) in [6.07, 6.45) is 0.180. The molecule has 1 N–H and O–H groups in total. The lowest BCUT2D eigenvalue weighted by molar-refractivity contribution is -0.152. The Morgan fingerprint density at radius 2 is 1.78 bits per heavy atom. The fourth-order valence-corrected chi connectivity index (χ4v) is 1.25. The molecule has 0 spiro atoms. The van der Waals surface area contributed by atoms with E-state index in [1.165, 1.54) is 21.0 Å². The second kappa shape index (κ2) is 5.53. The predicted octanol–water partition coefficient (Wildman–Crippen LogP) is 1.64. The number of carbonyl (C=O) groups excluding carboxylic acids is 1. The molecule has 0 unspecified atom stereocenters. The molecular weight excluding hydrogens is 236 g/mol. The number of benzene rings is 1. The molecule has 0 aliphatic heterocycles. The maximum absolute atomic E-state index is 11.1. The molecule has 0 amide bonds. The summed E-state index contributed by atoms with van der Waals surface area (Å²) in [7, 11) is 1.33. The summed E-state index contributed by atoms with van der Waals surface area (Å²) in [6, 6.07) is 6.65. The first kappa shape index (κ1) is 14.0. The highest BCUT2D eigenvalue weighted by molar-refractivity contribution is 5.76. The van der Waals surface area contributed by atoms with E-state index < -0.39 is 11.6 Å². The predicted molar refractivity (Wildman–Crippen MR) is 64.5 cm³/mol. The van der Waals surface area contributed by atoms with Crippen molar-refractivity contribution in [2.75, 3.05) is 7.11 Å². The van der Waals surface area contributed by atoms with Gasteiger partial charge in [-0.2, -0.15) is 0 Å². The Hall–Kier alpha value is -2.04. The molecule has 0 aromatic heterocycles. The van der Waals surface area contributed by atoms with E-state index >= 15 is 0 Å². The topological polar surface area (TPSA) is 72.8 Å². The quantitative estimate of drug-likeness (QED) is 0.806. The number of methoxy groups -OCH3 is 1. The zero-order valence-corrected chi connectivity index (χ0v) is 10.6. The molecule has 0 aliphatic carbocycles. The van der Waals surface area contributed by atoms with E-state index in [1.807, 2.05) is 0 Å². The minimum absolute atomic E-state index is 0.180. The highest BCUT2D eigenvalue weighted by Crippen LogP contribution is 2.19. The minimum atomic E-state index is -1.29. The van der Waals surface area contributed by atoms with Crippen molar-refractivity contribution in [3.8, 4) is 5.75 Å². The highest BCUT2D eigenvalue weighted by Gasteiger charge is 2.29. The van der Waals surface area contributed by atoms with Gasteiger partial charge in [-0.05, 0) is 31.5 Å². The summed E-state index contributed by atoms with van der Waals surface area (Å²) in [4.78, 5) is 21.9. The minimum Gasteiger partial charge on any atom is -0.478 e. The lowest BCUT2D eigenvalue weighted by atomic mass is 10.1. The number of ether oxygens (including phenoxy) is 2. The van der Waals surface area contributed by atoms with Gasteiger partial charge in [-0.1, -0.05) is 12.1 Å². The van der Waals surface area contributed by atoms with Crippen LogP contribution >= 0.6 is 0 Å². The maximum atomic E-state index is 11.1. The summed E-state index contributed by atoms with van der Waals surface area (Å²) in [5.41, 5.74) is -0.508. The van der Waals surface area contributed by atoms with Crippen molar-refractivity contribution in [3.05, 3.63) is 29.8 Å².